The zero-order chi connectivity index (χ0) is 23.1. The fourth-order valence-corrected chi connectivity index (χ4v) is 4.01. The summed E-state index contributed by atoms with van der Waals surface area (Å²) in [7, 11) is -3.61. The zero-order valence-corrected chi connectivity index (χ0v) is 18.5. The topological polar surface area (TPSA) is 128 Å². The quantitative estimate of drug-likeness (QED) is 0.485. The van der Waals surface area contributed by atoms with Crippen LogP contribution in [0.1, 0.15) is 41.0 Å². The molecule has 0 saturated carbocycles. The van der Waals surface area contributed by atoms with Crippen molar-refractivity contribution >= 4 is 27.4 Å². The molecule has 32 heavy (non-hydrogen) atoms. The summed E-state index contributed by atoms with van der Waals surface area (Å²) in [4.78, 5) is 28.3. The first kappa shape index (κ1) is 23.1. The number of aromatic nitrogens is 2. The number of nitrogens with zero attached hydrogens (tertiary/aromatic N) is 2. The van der Waals surface area contributed by atoms with Crippen LogP contribution in [-0.4, -0.2) is 37.0 Å². The molecule has 0 fully saturated rings. The van der Waals surface area contributed by atoms with Gasteiger partial charge in [-0.3, -0.25) is 4.79 Å². The van der Waals surface area contributed by atoms with E-state index in [1.807, 2.05) is 6.92 Å². The van der Waals surface area contributed by atoms with E-state index in [9.17, 15) is 18.0 Å². The molecule has 10 heteroatoms. The Morgan fingerprint density at radius 3 is 2.59 bits per heavy atom. The summed E-state index contributed by atoms with van der Waals surface area (Å²) >= 11 is 0. The number of sulfone groups is 1. The normalized spacial score (nSPS) is 11.2. The maximum absolute atomic E-state index is 12.5. The van der Waals surface area contributed by atoms with Gasteiger partial charge in [-0.2, -0.15) is 4.98 Å². The van der Waals surface area contributed by atoms with Gasteiger partial charge in [0.2, 0.25) is 11.8 Å². The summed E-state index contributed by atoms with van der Waals surface area (Å²) in [5, 5.41) is 6.39. The van der Waals surface area contributed by atoms with Gasteiger partial charge in [0, 0.05) is 18.5 Å². The number of benzene rings is 2. The number of carbonyl (C=O) groups excluding carboxylic acids is 2. The van der Waals surface area contributed by atoms with E-state index in [2.05, 4.69) is 15.5 Å². The van der Waals surface area contributed by atoms with Crippen molar-refractivity contribution in [3.8, 4) is 0 Å². The Morgan fingerprint density at radius 2 is 1.88 bits per heavy atom. The molecule has 9 nitrogen and oxygen atoms in total. The number of anilines is 1. The predicted molar refractivity (Wildman–Crippen MR) is 116 cm³/mol. The van der Waals surface area contributed by atoms with E-state index in [0.717, 1.165) is 5.56 Å². The number of ether oxygens (including phenoxy) is 1. The summed E-state index contributed by atoms with van der Waals surface area (Å²) in [6.07, 6.45) is 0.178. The fraction of sp³-hybridized carbons (Fsp3) is 0.273. The minimum Gasteiger partial charge on any atom is -0.462 e. The van der Waals surface area contributed by atoms with Crippen molar-refractivity contribution in [2.45, 2.75) is 37.3 Å². The van der Waals surface area contributed by atoms with Crippen LogP contribution in [0.25, 0.3) is 0 Å². The van der Waals surface area contributed by atoms with Crippen molar-refractivity contribution in [3.63, 3.8) is 0 Å². The molecule has 3 aromatic rings. The molecule has 0 spiro atoms. The molecular formula is C22H23N3O6S. The Labute approximate surface area is 185 Å². The molecule has 0 saturated heterocycles. The molecule has 2 aromatic carbocycles. The van der Waals surface area contributed by atoms with Gasteiger partial charge in [0.05, 0.1) is 17.1 Å². The van der Waals surface area contributed by atoms with Gasteiger partial charge in [0.1, 0.15) is 5.75 Å². The summed E-state index contributed by atoms with van der Waals surface area (Å²) < 4.78 is 35.0. The number of esters is 1. The molecule has 1 amide bonds. The average molecular weight is 458 g/mol. The minimum atomic E-state index is -3.61. The molecule has 1 N–H and O–H groups in total. The van der Waals surface area contributed by atoms with Crippen LogP contribution >= 0.6 is 0 Å². The molecule has 0 unspecified atom stereocenters. The van der Waals surface area contributed by atoms with E-state index < -0.39 is 21.6 Å². The van der Waals surface area contributed by atoms with E-state index >= 15 is 0 Å². The van der Waals surface area contributed by atoms with Crippen LogP contribution in [-0.2, 0) is 31.5 Å². The van der Waals surface area contributed by atoms with Crippen LogP contribution in [0.3, 0.4) is 0 Å². The molecular weight excluding hydrogens is 434 g/mol. The summed E-state index contributed by atoms with van der Waals surface area (Å²) in [5.74, 6) is -0.995. The van der Waals surface area contributed by atoms with Gasteiger partial charge in [-0.25, -0.2) is 13.2 Å². The Hall–Kier alpha value is -3.53. The first-order valence-electron chi connectivity index (χ1n) is 9.95. The van der Waals surface area contributed by atoms with E-state index in [-0.39, 0.29) is 42.0 Å². The molecule has 3 rings (SSSR count). The highest BCUT2D eigenvalue weighted by atomic mass is 32.2. The number of carbonyl (C=O) groups is 2. The van der Waals surface area contributed by atoms with Crippen LogP contribution in [0.15, 0.2) is 57.9 Å². The van der Waals surface area contributed by atoms with Gasteiger partial charge in [0.25, 0.3) is 0 Å². The van der Waals surface area contributed by atoms with Crippen LogP contribution in [0.4, 0.5) is 5.69 Å². The van der Waals surface area contributed by atoms with E-state index in [0.29, 0.717) is 11.3 Å². The Bertz CT molecular complexity index is 1200. The van der Waals surface area contributed by atoms with Gasteiger partial charge in [0.15, 0.2) is 15.7 Å². The van der Waals surface area contributed by atoms with E-state index in [1.54, 1.807) is 37.3 Å². The monoisotopic (exact) mass is 457 g/mol. The van der Waals surface area contributed by atoms with Crippen LogP contribution in [0, 0.1) is 6.92 Å². The third-order valence-electron chi connectivity index (χ3n) is 4.43. The molecule has 1 heterocycles. The lowest BCUT2D eigenvalue weighted by Gasteiger charge is -2.06. The second-order valence-electron chi connectivity index (χ2n) is 7.03. The third kappa shape index (κ3) is 6.24. The first-order valence-corrected chi connectivity index (χ1v) is 11.6. The van der Waals surface area contributed by atoms with Crippen molar-refractivity contribution in [3.05, 3.63) is 71.4 Å². The number of amides is 1. The number of aryl methyl sites for hydroxylation is 2. The van der Waals surface area contributed by atoms with Crippen molar-refractivity contribution < 1.29 is 27.3 Å². The van der Waals surface area contributed by atoms with Gasteiger partial charge in [-0.15, -0.1) is 0 Å². The van der Waals surface area contributed by atoms with Crippen molar-refractivity contribution in [2.24, 2.45) is 0 Å². The minimum absolute atomic E-state index is 0.0307. The fourth-order valence-electron chi connectivity index (χ4n) is 2.83. The highest BCUT2D eigenvalue weighted by molar-refractivity contribution is 7.90. The summed E-state index contributed by atoms with van der Waals surface area (Å²) in [6.45, 7) is 3.84. The van der Waals surface area contributed by atoms with Crippen LogP contribution in [0.2, 0.25) is 0 Å². The Balaban J connectivity index is 1.55. The van der Waals surface area contributed by atoms with E-state index in [4.69, 9.17) is 9.26 Å². The molecule has 0 aliphatic carbocycles. The zero-order valence-electron chi connectivity index (χ0n) is 17.7. The van der Waals surface area contributed by atoms with Gasteiger partial charge in [-0.05, 0) is 44.2 Å². The standard InChI is InChI=1S/C22H23N3O6S/c1-3-30-22(27)16-5-4-6-17(13-16)23-20(26)11-12-21-24-19(25-31-21)14-32(28,29)18-9-7-15(2)8-10-18/h4-10,13H,3,11-12,14H2,1-2H3,(H,23,26). The number of hydrogen-bond donors (Lipinski definition) is 1. The molecule has 168 valence electrons. The maximum Gasteiger partial charge on any atom is 0.338 e. The number of nitrogens with one attached hydrogen (secondary N) is 1. The maximum atomic E-state index is 12.5. The van der Waals surface area contributed by atoms with Crippen molar-refractivity contribution in [2.75, 3.05) is 11.9 Å². The Kier molecular flexibility index (Phi) is 7.37. The first-order chi connectivity index (χ1) is 15.3. The second kappa shape index (κ2) is 10.2. The molecule has 0 aliphatic heterocycles. The third-order valence-corrected chi connectivity index (χ3v) is 6.06. The lowest BCUT2D eigenvalue weighted by Crippen LogP contribution is -2.13. The van der Waals surface area contributed by atoms with Gasteiger partial charge in [-0.1, -0.05) is 28.9 Å². The van der Waals surface area contributed by atoms with Gasteiger partial charge < -0.3 is 14.6 Å². The molecule has 1 aromatic heterocycles. The van der Waals surface area contributed by atoms with Crippen molar-refractivity contribution in [1.29, 1.82) is 0 Å². The molecule has 0 aliphatic rings. The Morgan fingerprint density at radius 1 is 1.12 bits per heavy atom. The largest absolute Gasteiger partial charge is 0.462 e. The van der Waals surface area contributed by atoms with E-state index in [1.165, 1.54) is 18.2 Å². The number of rotatable bonds is 9. The second-order valence-corrected chi connectivity index (χ2v) is 9.02. The van der Waals surface area contributed by atoms with Crippen LogP contribution < -0.4 is 5.32 Å². The summed E-state index contributed by atoms with van der Waals surface area (Å²) in [5.41, 5.74) is 1.74. The van der Waals surface area contributed by atoms with Gasteiger partial charge >= 0.3 is 5.97 Å². The van der Waals surface area contributed by atoms with Crippen molar-refractivity contribution in [1.82, 2.24) is 10.1 Å². The number of hydrogen-bond acceptors (Lipinski definition) is 8. The lowest BCUT2D eigenvalue weighted by atomic mass is 10.2. The summed E-state index contributed by atoms with van der Waals surface area (Å²) in [6, 6.07) is 12.9. The highest BCUT2D eigenvalue weighted by Crippen LogP contribution is 2.16. The molecule has 0 atom stereocenters. The average Bonchev–Trinajstić information content (AvgIpc) is 3.19. The lowest BCUT2D eigenvalue weighted by molar-refractivity contribution is -0.116. The molecule has 0 bridgehead atoms. The van der Waals surface area contributed by atoms with Crippen LogP contribution in [0.5, 0.6) is 0 Å². The SMILES string of the molecule is CCOC(=O)c1cccc(NC(=O)CCc2nc(CS(=O)(=O)c3ccc(C)cc3)no2)c1. The smallest absolute Gasteiger partial charge is 0.338 e. The molecule has 0 radical (unpaired) electrons. The predicted octanol–water partition coefficient (Wildman–Crippen LogP) is 3.10. The highest BCUT2D eigenvalue weighted by Gasteiger charge is 2.19.